The molecule has 6 heteroatoms. The van der Waals surface area contributed by atoms with Crippen molar-refractivity contribution in [2.24, 2.45) is 0 Å². The first kappa shape index (κ1) is 78.3. The number of carbonyl (C=O) groups is 2. The molecule has 2 atom stereocenters. The number of rotatable bonds is 69. The average molecular weight is 1130 g/mol. The lowest BCUT2D eigenvalue weighted by atomic mass is 10.0. The number of carbonyl (C=O) groups excluding carboxylic acids is 2. The van der Waals surface area contributed by atoms with Crippen LogP contribution in [0.3, 0.4) is 0 Å². The van der Waals surface area contributed by atoms with Gasteiger partial charge >= 0.3 is 5.97 Å². The molecule has 2 unspecified atom stereocenters. The third-order valence-corrected chi connectivity index (χ3v) is 17.2. The van der Waals surface area contributed by atoms with Crippen LogP contribution in [0.2, 0.25) is 0 Å². The van der Waals surface area contributed by atoms with E-state index in [9.17, 15) is 19.8 Å². The smallest absolute Gasteiger partial charge is 0.305 e. The van der Waals surface area contributed by atoms with Crippen molar-refractivity contribution in [3.05, 3.63) is 24.3 Å². The summed E-state index contributed by atoms with van der Waals surface area (Å²) >= 11 is 0. The minimum atomic E-state index is -0.842. The van der Waals surface area contributed by atoms with Gasteiger partial charge in [-0.05, 0) is 57.8 Å². The van der Waals surface area contributed by atoms with Gasteiger partial charge in [0.2, 0.25) is 5.91 Å². The van der Waals surface area contributed by atoms with Crippen LogP contribution in [0.5, 0.6) is 0 Å². The van der Waals surface area contributed by atoms with E-state index in [-0.39, 0.29) is 18.5 Å². The maximum atomic E-state index is 12.5. The molecule has 1 amide bonds. The van der Waals surface area contributed by atoms with Gasteiger partial charge in [0.25, 0.3) is 0 Å². The molecule has 0 radical (unpaired) electrons. The molecule has 0 rings (SSSR count). The molecule has 0 aliphatic heterocycles. The minimum absolute atomic E-state index is 0.0170. The molecule has 0 heterocycles. The van der Waals surface area contributed by atoms with Crippen LogP contribution in [-0.2, 0) is 14.3 Å². The molecule has 6 nitrogen and oxygen atoms in total. The van der Waals surface area contributed by atoms with E-state index in [1.807, 2.05) is 6.08 Å². The van der Waals surface area contributed by atoms with Crippen LogP contribution >= 0.6 is 0 Å². The summed E-state index contributed by atoms with van der Waals surface area (Å²) in [6.07, 6.45) is 88.4. The van der Waals surface area contributed by atoms with Crippen molar-refractivity contribution in [2.75, 3.05) is 13.2 Å². The monoisotopic (exact) mass is 1130 g/mol. The first-order chi connectivity index (χ1) is 39.5. The van der Waals surface area contributed by atoms with Crippen LogP contribution in [0, 0.1) is 0 Å². The lowest BCUT2D eigenvalue weighted by Gasteiger charge is -2.20. The Labute approximate surface area is 501 Å². The number of amides is 1. The highest BCUT2D eigenvalue weighted by molar-refractivity contribution is 5.76. The van der Waals surface area contributed by atoms with E-state index in [2.05, 4.69) is 31.3 Å². The van der Waals surface area contributed by atoms with E-state index in [4.69, 9.17) is 4.74 Å². The van der Waals surface area contributed by atoms with Gasteiger partial charge in [-0.3, -0.25) is 9.59 Å². The number of hydrogen-bond acceptors (Lipinski definition) is 5. The van der Waals surface area contributed by atoms with Crippen molar-refractivity contribution >= 4 is 11.9 Å². The maximum Gasteiger partial charge on any atom is 0.305 e. The Morgan fingerprint density at radius 3 is 0.887 bits per heavy atom. The summed E-state index contributed by atoms with van der Waals surface area (Å²) in [5, 5.41) is 23.2. The van der Waals surface area contributed by atoms with E-state index < -0.39 is 12.1 Å². The van der Waals surface area contributed by atoms with E-state index in [1.54, 1.807) is 6.08 Å². The van der Waals surface area contributed by atoms with Crippen LogP contribution in [0.1, 0.15) is 412 Å². The van der Waals surface area contributed by atoms with Gasteiger partial charge in [-0.25, -0.2) is 0 Å². The van der Waals surface area contributed by atoms with E-state index in [0.29, 0.717) is 19.4 Å². The number of esters is 1. The van der Waals surface area contributed by atoms with Crippen LogP contribution in [-0.4, -0.2) is 47.4 Å². The Kier molecular flexibility index (Phi) is 68.4. The molecule has 0 bridgehead atoms. The van der Waals surface area contributed by atoms with Crippen LogP contribution in [0.15, 0.2) is 24.3 Å². The molecule has 80 heavy (non-hydrogen) atoms. The summed E-state index contributed by atoms with van der Waals surface area (Å²) < 4.78 is 5.51. The summed E-state index contributed by atoms with van der Waals surface area (Å²) in [7, 11) is 0. The zero-order chi connectivity index (χ0) is 57.8. The lowest BCUT2D eigenvalue weighted by Crippen LogP contribution is -2.45. The molecule has 0 aliphatic rings. The van der Waals surface area contributed by atoms with Crippen molar-refractivity contribution in [3.63, 3.8) is 0 Å². The molecule has 0 aliphatic carbocycles. The lowest BCUT2D eigenvalue weighted by molar-refractivity contribution is -0.143. The van der Waals surface area contributed by atoms with Gasteiger partial charge < -0.3 is 20.3 Å². The number of aliphatic hydroxyl groups excluding tert-OH is 2. The van der Waals surface area contributed by atoms with Crippen molar-refractivity contribution in [1.29, 1.82) is 0 Å². The predicted molar refractivity (Wildman–Crippen MR) is 352 cm³/mol. The molecular weight excluding hydrogens is 983 g/mol. The quantitative estimate of drug-likeness (QED) is 0.0320. The normalized spacial score (nSPS) is 12.6. The molecule has 0 saturated heterocycles. The Morgan fingerprint density at radius 2 is 0.588 bits per heavy atom. The third kappa shape index (κ3) is 65.5. The molecule has 0 aromatic heterocycles. The zero-order valence-electron chi connectivity index (χ0n) is 54.3. The van der Waals surface area contributed by atoms with Crippen molar-refractivity contribution < 1.29 is 24.5 Å². The molecule has 0 saturated carbocycles. The van der Waals surface area contributed by atoms with Gasteiger partial charge in [-0.15, -0.1) is 0 Å². The first-order valence-corrected chi connectivity index (χ1v) is 36.6. The zero-order valence-corrected chi connectivity index (χ0v) is 54.3. The van der Waals surface area contributed by atoms with Crippen molar-refractivity contribution in [2.45, 2.75) is 424 Å². The summed E-state index contributed by atoms with van der Waals surface area (Å²) in [6, 6.07) is -0.625. The number of unbranched alkanes of at least 4 members (excludes halogenated alkanes) is 56. The summed E-state index contributed by atoms with van der Waals surface area (Å²) in [5.74, 6) is -0.0444. The molecule has 0 aromatic rings. The third-order valence-electron chi connectivity index (χ3n) is 17.2. The molecule has 0 spiro atoms. The highest BCUT2D eigenvalue weighted by Crippen LogP contribution is 2.19. The highest BCUT2D eigenvalue weighted by Gasteiger charge is 2.18. The summed E-state index contributed by atoms with van der Waals surface area (Å²) in [4.78, 5) is 24.6. The number of nitrogens with one attached hydrogen (secondary N) is 1. The highest BCUT2D eigenvalue weighted by atomic mass is 16.5. The summed E-state index contributed by atoms with van der Waals surface area (Å²) in [6.45, 7) is 4.94. The van der Waals surface area contributed by atoms with Gasteiger partial charge in [0.1, 0.15) is 0 Å². The van der Waals surface area contributed by atoms with Gasteiger partial charge in [-0.1, -0.05) is 366 Å². The van der Waals surface area contributed by atoms with Gasteiger partial charge in [0, 0.05) is 12.8 Å². The Hall–Kier alpha value is -1.66. The summed E-state index contributed by atoms with van der Waals surface area (Å²) in [5.41, 5.74) is 0. The van der Waals surface area contributed by atoms with Crippen LogP contribution in [0.4, 0.5) is 0 Å². The molecule has 0 aromatic carbocycles. The van der Waals surface area contributed by atoms with Crippen molar-refractivity contribution in [1.82, 2.24) is 5.32 Å². The van der Waals surface area contributed by atoms with E-state index in [1.165, 1.54) is 340 Å². The van der Waals surface area contributed by atoms with Crippen molar-refractivity contribution in [3.8, 4) is 0 Å². The fourth-order valence-electron chi connectivity index (χ4n) is 11.6. The largest absolute Gasteiger partial charge is 0.466 e. The SMILES string of the molecule is CCCCCCCCC/C=C\CCCCCCCCCC(=O)OCCCCCCCCCCCCCCCCCCCCCCCCCCCCCCCC(=O)NC(CO)C(O)/C=C/CCCCCCCCCCCCCCCC. The van der Waals surface area contributed by atoms with Crippen LogP contribution in [0.25, 0.3) is 0 Å². The molecule has 0 fully saturated rings. The van der Waals surface area contributed by atoms with Gasteiger partial charge in [0.15, 0.2) is 0 Å². The first-order valence-electron chi connectivity index (χ1n) is 36.6. The second-order valence-electron chi connectivity index (χ2n) is 25.3. The van der Waals surface area contributed by atoms with Crippen LogP contribution < -0.4 is 5.32 Å². The Balaban J connectivity index is 3.34. The van der Waals surface area contributed by atoms with Gasteiger partial charge in [0.05, 0.1) is 25.4 Å². The number of allylic oxidation sites excluding steroid dienone is 3. The minimum Gasteiger partial charge on any atom is -0.466 e. The fraction of sp³-hybridized carbons (Fsp3) is 0.919. The average Bonchev–Trinajstić information content (AvgIpc) is 3.46. The Bertz CT molecular complexity index is 1250. The topological polar surface area (TPSA) is 95.9 Å². The fourth-order valence-corrected chi connectivity index (χ4v) is 11.6. The molecule has 474 valence electrons. The van der Waals surface area contributed by atoms with E-state index in [0.717, 1.165) is 44.9 Å². The second kappa shape index (κ2) is 69.8. The Morgan fingerprint density at radius 1 is 0.338 bits per heavy atom. The molecule has 3 N–H and O–H groups in total. The standard InChI is InChI=1S/C74H143NO5/c1-3-5-7-9-11-13-15-17-19-21-36-40-44-48-52-56-60-64-68-74(79)80-69-65-61-57-53-49-45-41-37-34-32-30-28-26-24-22-23-25-27-29-31-33-35-39-43-47-51-55-59-63-67-73(78)75-71(70-76)72(77)66-62-58-54-50-46-42-38-20-18-16-14-12-10-8-6-4-2/h19,21,62,66,71-72,76-77H,3-18,20,22-61,63-65,67-70H2,1-2H3,(H,75,78)/b21-19-,66-62+. The van der Waals surface area contributed by atoms with Gasteiger partial charge in [-0.2, -0.15) is 0 Å². The van der Waals surface area contributed by atoms with E-state index >= 15 is 0 Å². The second-order valence-corrected chi connectivity index (χ2v) is 25.3. The molecular formula is C74H143NO5. The predicted octanol–water partition coefficient (Wildman–Crippen LogP) is 23.7. The number of ether oxygens (including phenoxy) is 1. The maximum absolute atomic E-state index is 12.5. The number of hydrogen-bond donors (Lipinski definition) is 3. The number of aliphatic hydroxyl groups is 2.